The Balaban J connectivity index is 2.41. The van der Waals surface area contributed by atoms with Gasteiger partial charge in [0.2, 0.25) is 5.91 Å². The van der Waals surface area contributed by atoms with E-state index in [1.165, 1.54) is 10.8 Å². The number of hydrogen-bond donors (Lipinski definition) is 1. The molecular weight excluding hydrogens is 198 g/mol. The Kier molecular flexibility index (Phi) is 2.91. The van der Waals surface area contributed by atoms with Crippen molar-refractivity contribution in [1.82, 2.24) is 0 Å². The highest BCUT2D eigenvalue weighted by Gasteiger charge is 2.11. The maximum Gasteiger partial charge on any atom is 0.220 e. The van der Waals surface area contributed by atoms with Gasteiger partial charge in [-0.2, -0.15) is 0 Å². The van der Waals surface area contributed by atoms with Crippen molar-refractivity contribution in [2.45, 2.75) is 6.42 Å². The first-order valence-corrected chi connectivity index (χ1v) is 5.27. The van der Waals surface area contributed by atoms with Gasteiger partial charge in [-0.3, -0.25) is 4.79 Å². The van der Waals surface area contributed by atoms with Gasteiger partial charge < -0.3 is 5.73 Å². The lowest BCUT2D eigenvalue weighted by Crippen LogP contribution is -2.22. The van der Waals surface area contributed by atoms with E-state index in [1.54, 1.807) is 0 Å². The number of benzene rings is 2. The Morgan fingerprint density at radius 1 is 1.19 bits per heavy atom. The fourth-order valence-corrected chi connectivity index (χ4v) is 1.84. The summed E-state index contributed by atoms with van der Waals surface area (Å²) in [5, 5.41) is 2.34. The fourth-order valence-electron chi connectivity index (χ4n) is 1.84. The first-order valence-electron chi connectivity index (χ1n) is 5.27. The molecule has 81 valence electrons. The van der Waals surface area contributed by atoms with E-state index in [0.717, 1.165) is 5.56 Å². The summed E-state index contributed by atoms with van der Waals surface area (Å²) < 4.78 is 0. The number of primary amides is 1. The zero-order chi connectivity index (χ0) is 11.5. The molecule has 0 fully saturated rings. The molecule has 0 spiro atoms. The molecule has 2 aromatic rings. The second kappa shape index (κ2) is 4.35. The number of amides is 1. The first-order chi connectivity index (χ1) is 7.68. The van der Waals surface area contributed by atoms with E-state index >= 15 is 0 Å². The predicted molar refractivity (Wildman–Crippen MR) is 65.7 cm³/mol. The van der Waals surface area contributed by atoms with Crippen LogP contribution >= 0.6 is 0 Å². The van der Waals surface area contributed by atoms with Gasteiger partial charge in [0.05, 0.1) is 0 Å². The Morgan fingerprint density at radius 2 is 1.88 bits per heavy atom. The van der Waals surface area contributed by atoms with Crippen molar-refractivity contribution in [2.24, 2.45) is 11.7 Å². The van der Waals surface area contributed by atoms with E-state index in [0.29, 0.717) is 6.42 Å². The standard InChI is InChI=1S/C14H14NO/c1-10(14(15)16)9-12-7-4-6-11-5-2-3-8-13(11)12/h2-8,10H,1,9H2,(H2,15,16). The molecule has 0 heterocycles. The summed E-state index contributed by atoms with van der Waals surface area (Å²) in [6, 6.07) is 14.2. The molecule has 2 aromatic carbocycles. The molecule has 1 amide bonds. The SMILES string of the molecule is [CH2]C(Cc1cccc2ccccc12)C(N)=O. The molecule has 1 unspecified atom stereocenters. The van der Waals surface area contributed by atoms with E-state index in [1.807, 2.05) is 24.3 Å². The molecule has 2 N–H and O–H groups in total. The Hall–Kier alpha value is -1.83. The second-order valence-electron chi connectivity index (χ2n) is 3.94. The fraction of sp³-hybridized carbons (Fsp3) is 0.143. The third kappa shape index (κ3) is 2.06. The third-order valence-electron chi connectivity index (χ3n) is 2.75. The number of fused-ring (bicyclic) bond motifs is 1. The molecule has 0 aromatic heterocycles. The van der Waals surface area contributed by atoms with E-state index in [2.05, 4.69) is 25.1 Å². The maximum atomic E-state index is 11.0. The zero-order valence-corrected chi connectivity index (χ0v) is 9.02. The minimum absolute atomic E-state index is 0.354. The van der Waals surface area contributed by atoms with Gasteiger partial charge in [0, 0.05) is 5.92 Å². The lowest BCUT2D eigenvalue weighted by molar-refractivity contribution is -0.120. The van der Waals surface area contributed by atoms with Crippen LogP contribution in [0.1, 0.15) is 5.56 Å². The molecule has 0 bridgehead atoms. The Morgan fingerprint density at radius 3 is 2.62 bits per heavy atom. The maximum absolute atomic E-state index is 11.0. The summed E-state index contributed by atoms with van der Waals surface area (Å²) in [7, 11) is 0. The lowest BCUT2D eigenvalue weighted by atomic mass is 9.96. The van der Waals surface area contributed by atoms with Crippen molar-refractivity contribution >= 4 is 16.7 Å². The summed E-state index contributed by atoms with van der Waals surface area (Å²) in [4.78, 5) is 11.0. The van der Waals surface area contributed by atoms with Gasteiger partial charge in [0.1, 0.15) is 0 Å². The quantitative estimate of drug-likeness (QED) is 0.833. The molecule has 0 aliphatic heterocycles. The van der Waals surface area contributed by atoms with Crippen molar-refractivity contribution in [2.75, 3.05) is 0 Å². The average molecular weight is 212 g/mol. The summed E-state index contributed by atoms with van der Waals surface area (Å²) in [5.41, 5.74) is 6.35. The number of nitrogens with two attached hydrogens (primary N) is 1. The lowest BCUT2D eigenvalue weighted by Gasteiger charge is -2.09. The van der Waals surface area contributed by atoms with Crippen LogP contribution < -0.4 is 5.73 Å². The van der Waals surface area contributed by atoms with Crippen molar-refractivity contribution in [3.63, 3.8) is 0 Å². The van der Waals surface area contributed by atoms with Crippen LogP contribution in [0.4, 0.5) is 0 Å². The van der Waals surface area contributed by atoms with Crippen LogP contribution in [-0.2, 0) is 11.2 Å². The van der Waals surface area contributed by atoms with Crippen LogP contribution in [-0.4, -0.2) is 5.91 Å². The molecule has 2 heteroatoms. The van der Waals surface area contributed by atoms with E-state index in [-0.39, 0.29) is 11.8 Å². The minimum atomic E-state index is -0.370. The van der Waals surface area contributed by atoms with Crippen LogP contribution in [0.15, 0.2) is 42.5 Å². The highest BCUT2D eigenvalue weighted by atomic mass is 16.1. The molecule has 1 atom stereocenters. The normalized spacial score (nSPS) is 12.6. The van der Waals surface area contributed by atoms with Gasteiger partial charge in [-0.15, -0.1) is 0 Å². The molecule has 0 saturated heterocycles. The van der Waals surface area contributed by atoms with Gasteiger partial charge in [-0.05, 0) is 29.7 Å². The first kappa shape index (κ1) is 10.7. The van der Waals surface area contributed by atoms with E-state index in [4.69, 9.17) is 5.73 Å². The van der Waals surface area contributed by atoms with Crippen molar-refractivity contribution in [1.29, 1.82) is 0 Å². The van der Waals surface area contributed by atoms with Gasteiger partial charge in [0.25, 0.3) is 0 Å². The highest BCUT2D eigenvalue weighted by molar-refractivity contribution is 5.86. The predicted octanol–water partition coefficient (Wildman–Crippen LogP) is 2.32. The number of carbonyl (C=O) groups excluding carboxylic acids is 1. The number of hydrogen-bond acceptors (Lipinski definition) is 1. The van der Waals surface area contributed by atoms with Crippen LogP contribution in [0.5, 0.6) is 0 Å². The Bertz CT molecular complexity index is 514. The van der Waals surface area contributed by atoms with Gasteiger partial charge in [-0.1, -0.05) is 42.5 Å². The van der Waals surface area contributed by atoms with Crippen LogP contribution in [0.2, 0.25) is 0 Å². The summed E-state index contributed by atoms with van der Waals surface area (Å²) >= 11 is 0. The molecule has 1 radical (unpaired) electrons. The summed E-state index contributed by atoms with van der Waals surface area (Å²) in [5.74, 6) is -0.723. The van der Waals surface area contributed by atoms with Gasteiger partial charge >= 0.3 is 0 Å². The van der Waals surface area contributed by atoms with Gasteiger partial charge in [-0.25, -0.2) is 0 Å². The van der Waals surface area contributed by atoms with E-state index in [9.17, 15) is 4.79 Å². The third-order valence-corrected chi connectivity index (χ3v) is 2.75. The summed E-state index contributed by atoms with van der Waals surface area (Å²) in [6.07, 6.45) is 0.594. The summed E-state index contributed by atoms with van der Waals surface area (Å²) in [6.45, 7) is 3.77. The molecule has 16 heavy (non-hydrogen) atoms. The molecular formula is C14H14NO. The van der Waals surface area contributed by atoms with Gasteiger partial charge in [0.15, 0.2) is 0 Å². The average Bonchev–Trinajstić information content (AvgIpc) is 2.29. The van der Waals surface area contributed by atoms with Crippen LogP contribution in [0.25, 0.3) is 10.8 Å². The van der Waals surface area contributed by atoms with E-state index < -0.39 is 0 Å². The van der Waals surface area contributed by atoms with Crippen LogP contribution in [0.3, 0.4) is 0 Å². The van der Waals surface area contributed by atoms with Crippen molar-refractivity contribution in [3.8, 4) is 0 Å². The number of carbonyl (C=O) groups is 1. The second-order valence-corrected chi connectivity index (χ2v) is 3.94. The van der Waals surface area contributed by atoms with Crippen LogP contribution in [0, 0.1) is 12.8 Å². The zero-order valence-electron chi connectivity index (χ0n) is 9.02. The van der Waals surface area contributed by atoms with Crippen molar-refractivity contribution in [3.05, 3.63) is 55.0 Å². The molecule has 0 aliphatic rings. The largest absolute Gasteiger partial charge is 0.369 e. The molecule has 0 saturated carbocycles. The smallest absolute Gasteiger partial charge is 0.220 e. The highest BCUT2D eigenvalue weighted by Crippen LogP contribution is 2.20. The topological polar surface area (TPSA) is 43.1 Å². The van der Waals surface area contributed by atoms with Crippen molar-refractivity contribution < 1.29 is 4.79 Å². The monoisotopic (exact) mass is 212 g/mol. The Labute approximate surface area is 95.1 Å². The molecule has 2 nitrogen and oxygen atoms in total. The molecule has 2 rings (SSSR count). The number of rotatable bonds is 3. The minimum Gasteiger partial charge on any atom is -0.369 e. The molecule has 0 aliphatic carbocycles.